The van der Waals surface area contributed by atoms with Gasteiger partial charge < -0.3 is 14.5 Å². The van der Waals surface area contributed by atoms with Gasteiger partial charge in [-0.3, -0.25) is 9.59 Å². The Morgan fingerprint density at radius 2 is 2.03 bits per heavy atom. The number of hydrogen-bond acceptors (Lipinski definition) is 4. The zero-order valence-corrected chi connectivity index (χ0v) is 22.9. The molecule has 2 heterocycles. The Hall–Kier alpha value is -2.90. The molecule has 0 spiro atoms. The van der Waals surface area contributed by atoms with Gasteiger partial charge in [-0.25, -0.2) is 4.39 Å². The summed E-state index contributed by atoms with van der Waals surface area (Å²) in [6.45, 7) is 7.25. The number of benzene rings is 2. The number of fused-ring (bicyclic) bond motifs is 1. The van der Waals surface area contributed by atoms with Gasteiger partial charge in [-0.2, -0.15) is 0 Å². The van der Waals surface area contributed by atoms with Crippen LogP contribution >= 0.6 is 22.9 Å². The molecular formula is C29H32ClFN2O3S. The van der Waals surface area contributed by atoms with Crippen LogP contribution in [0.4, 0.5) is 4.39 Å². The Labute approximate surface area is 226 Å². The zero-order chi connectivity index (χ0) is 26.5. The third-order valence-electron chi connectivity index (χ3n) is 6.61. The number of halogens is 2. The highest BCUT2D eigenvalue weighted by Gasteiger charge is 2.33. The number of ether oxygens (including phenoxy) is 1. The second-order valence-corrected chi connectivity index (χ2v) is 11.2. The molecule has 0 N–H and O–H groups in total. The highest BCUT2D eigenvalue weighted by atomic mass is 35.5. The number of aryl methyl sites for hydroxylation is 1. The molecule has 0 aliphatic carbocycles. The van der Waals surface area contributed by atoms with E-state index in [4.69, 9.17) is 16.3 Å². The maximum Gasteiger partial charge on any atom is 0.254 e. The summed E-state index contributed by atoms with van der Waals surface area (Å²) in [5, 5.41) is 2.71. The summed E-state index contributed by atoms with van der Waals surface area (Å²) < 4.78 is 20.0. The van der Waals surface area contributed by atoms with Crippen LogP contribution in [0, 0.1) is 18.7 Å². The summed E-state index contributed by atoms with van der Waals surface area (Å²) in [4.78, 5) is 31.6. The van der Waals surface area contributed by atoms with Gasteiger partial charge in [0.15, 0.2) is 0 Å². The predicted molar refractivity (Wildman–Crippen MR) is 146 cm³/mol. The van der Waals surface area contributed by atoms with E-state index in [9.17, 15) is 14.0 Å². The SMILES string of the molecule is Cc1cc(OC[C@@H]2c3ccsc3CCN2C(=O)CN(CCC(C)C)C(=O)c2cccc(F)c2)ccc1Cl. The lowest BCUT2D eigenvalue weighted by molar-refractivity contribution is -0.135. The molecule has 37 heavy (non-hydrogen) atoms. The average molecular weight is 543 g/mol. The van der Waals surface area contributed by atoms with Gasteiger partial charge in [-0.05, 0) is 84.7 Å². The van der Waals surface area contributed by atoms with Gasteiger partial charge in [0.1, 0.15) is 24.7 Å². The van der Waals surface area contributed by atoms with E-state index in [0.29, 0.717) is 36.4 Å². The van der Waals surface area contributed by atoms with Crippen LogP contribution in [0.2, 0.25) is 5.02 Å². The third-order valence-corrected chi connectivity index (χ3v) is 8.03. The van der Waals surface area contributed by atoms with Crippen molar-refractivity contribution in [3.8, 4) is 5.75 Å². The van der Waals surface area contributed by atoms with E-state index < -0.39 is 5.82 Å². The molecule has 8 heteroatoms. The summed E-state index contributed by atoms with van der Waals surface area (Å²) in [6, 6.07) is 12.9. The molecule has 3 aromatic rings. The molecule has 4 rings (SSSR count). The molecule has 196 valence electrons. The van der Waals surface area contributed by atoms with Crippen molar-refractivity contribution >= 4 is 34.8 Å². The minimum Gasteiger partial charge on any atom is -0.491 e. The fourth-order valence-corrected chi connectivity index (χ4v) is 5.53. The summed E-state index contributed by atoms with van der Waals surface area (Å²) in [7, 11) is 0. The number of carbonyl (C=O) groups is 2. The fourth-order valence-electron chi connectivity index (χ4n) is 4.48. The lowest BCUT2D eigenvalue weighted by Crippen LogP contribution is -2.48. The molecule has 0 unspecified atom stereocenters. The van der Waals surface area contributed by atoms with Gasteiger partial charge in [0.25, 0.3) is 5.91 Å². The van der Waals surface area contributed by atoms with Gasteiger partial charge >= 0.3 is 0 Å². The molecule has 0 fully saturated rings. The van der Waals surface area contributed by atoms with Gasteiger partial charge in [0, 0.05) is 28.6 Å². The van der Waals surface area contributed by atoms with Gasteiger partial charge in [-0.15, -0.1) is 11.3 Å². The van der Waals surface area contributed by atoms with E-state index in [2.05, 4.69) is 19.9 Å². The lowest BCUT2D eigenvalue weighted by atomic mass is 10.00. The van der Waals surface area contributed by atoms with E-state index in [1.165, 1.54) is 23.1 Å². The maximum absolute atomic E-state index is 13.8. The van der Waals surface area contributed by atoms with Crippen molar-refractivity contribution in [3.63, 3.8) is 0 Å². The zero-order valence-electron chi connectivity index (χ0n) is 21.4. The van der Waals surface area contributed by atoms with Crippen LogP contribution in [-0.4, -0.2) is 47.9 Å². The fraction of sp³-hybridized carbons (Fsp3) is 0.379. The molecule has 1 aliphatic heterocycles. The number of amides is 2. The molecule has 5 nitrogen and oxygen atoms in total. The Bertz CT molecular complexity index is 1260. The first-order valence-corrected chi connectivity index (χ1v) is 13.8. The van der Waals surface area contributed by atoms with Crippen LogP contribution in [0.1, 0.15) is 52.7 Å². The van der Waals surface area contributed by atoms with E-state index in [1.807, 2.05) is 29.3 Å². The first kappa shape index (κ1) is 27.1. The van der Waals surface area contributed by atoms with Crippen molar-refractivity contribution < 1.29 is 18.7 Å². The van der Waals surface area contributed by atoms with Crippen molar-refractivity contribution in [3.05, 3.63) is 86.3 Å². The Morgan fingerprint density at radius 3 is 2.76 bits per heavy atom. The molecule has 0 saturated heterocycles. The van der Waals surface area contributed by atoms with Crippen molar-refractivity contribution in [1.29, 1.82) is 0 Å². The monoisotopic (exact) mass is 542 g/mol. The highest BCUT2D eigenvalue weighted by molar-refractivity contribution is 7.10. The third kappa shape index (κ3) is 6.70. The molecule has 0 bridgehead atoms. The number of hydrogen-bond donors (Lipinski definition) is 0. The van der Waals surface area contributed by atoms with Crippen LogP contribution in [0.5, 0.6) is 5.75 Å². The summed E-state index contributed by atoms with van der Waals surface area (Å²) >= 11 is 7.85. The minimum atomic E-state index is -0.475. The Kier molecular flexibility index (Phi) is 8.87. The lowest BCUT2D eigenvalue weighted by Gasteiger charge is -2.37. The standard InChI is InChI=1S/C29H32ClFN2O3S/c1-19(2)9-12-32(29(35)21-5-4-6-22(31)16-21)17-28(34)33-13-10-27-24(11-14-37-27)26(33)18-36-23-7-8-25(30)20(3)15-23/h4-8,11,14-16,19,26H,9-10,12-13,17-18H2,1-3H3/t26-/m1/s1. The smallest absolute Gasteiger partial charge is 0.254 e. The van der Waals surface area contributed by atoms with Crippen molar-refractivity contribution in [2.45, 2.75) is 39.7 Å². The van der Waals surface area contributed by atoms with Crippen LogP contribution in [0.15, 0.2) is 53.9 Å². The Morgan fingerprint density at radius 1 is 1.22 bits per heavy atom. The minimum absolute atomic E-state index is 0.0713. The first-order valence-electron chi connectivity index (χ1n) is 12.5. The van der Waals surface area contributed by atoms with Crippen LogP contribution in [0.25, 0.3) is 0 Å². The van der Waals surface area contributed by atoms with Crippen molar-refractivity contribution in [2.24, 2.45) is 5.92 Å². The molecule has 2 aromatic carbocycles. The second kappa shape index (κ2) is 12.1. The van der Waals surface area contributed by atoms with Gasteiger partial charge in [0.2, 0.25) is 5.91 Å². The molecular weight excluding hydrogens is 511 g/mol. The molecule has 1 aliphatic rings. The van der Waals surface area contributed by atoms with Crippen molar-refractivity contribution in [2.75, 3.05) is 26.2 Å². The Balaban J connectivity index is 1.54. The highest BCUT2D eigenvalue weighted by Crippen LogP contribution is 2.34. The summed E-state index contributed by atoms with van der Waals surface area (Å²) in [6.07, 6.45) is 1.50. The average Bonchev–Trinajstić information content (AvgIpc) is 3.35. The molecule has 0 saturated carbocycles. The molecule has 2 amide bonds. The number of carbonyl (C=O) groups excluding carboxylic acids is 2. The van der Waals surface area contributed by atoms with E-state index in [1.54, 1.807) is 28.4 Å². The largest absolute Gasteiger partial charge is 0.491 e. The van der Waals surface area contributed by atoms with Crippen LogP contribution in [-0.2, 0) is 11.2 Å². The first-order chi connectivity index (χ1) is 17.7. The van der Waals surface area contributed by atoms with Gasteiger partial charge in [0.05, 0.1) is 6.04 Å². The summed E-state index contributed by atoms with van der Waals surface area (Å²) in [5.41, 5.74) is 2.25. The number of thiophene rings is 1. The van der Waals surface area contributed by atoms with E-state index in [-0.39, 0.29) is 30.0 Å². The molecule has 1 atom stereocenters. The number of nitrogens with zero attached hydrogens (tertiary/aromatic N) is 2. The molecule has 1 aromatic heterocycles. The maximum atomic E-state index is 13.8. The second-order valence-electron chi connectivity index (χ2n) is 9.79. The number of rotatable bonds is 9. The predicted octanol–water partition coefficient (Wildman–Crippen LogP) is 6.54. The summed E-state index contributed by atoms with van der Waals surface area (Å²) in [5.74, 6) is 0.0795. The van der Waals surface area contributed by atoms with Crippen LogP contribution < -0.4 is 4.74 Å². The van der Waals surface area contributed by atoms with E-state index in [0.717, 1.165) is 24.0 Å². The van der Waals surface area contributed by atoms with Crippen molar-refractivity contribution in [1.82, 2.24) is 9.80 Å². The topological polar surface area (TPSA) is 49.9 Å². The quantitative estimate of drug-likeness (QED) is 0.308. The normalized spacial score (nSPS) is 15.0. The van der Waals surface area contributed by atoms with Gasteiger partial charge in [-0.1, -0.05) is 31.5 Å². The van der Waals surface area contributed by atoms with E-state index >= 15 is 0 Å². The van der Waals surface area contributed by atoms with Crippen LogP contribution in [0.3, 0.4) is 0 Å². The molecule has 0 radical (unpaired) electrons.